The van der Waals surface area contributed by atoms with E-state index < -0.39 is 0 Å². The number of hydrogen-bond acceptors (Lipinski definition) is 2. The zero-order chi connectivity index (χ0) is 14.4. The monoisotopic (exact) mass is 306 g/mol. The van der Waals surface area contributed by atoms with Crippen LogP contribution >= 0.6 is 23.8 Å². The van der Waals surface area contributed by atoms with Crippen LogP contribution in [0.25, 0.3) is 0 Å². The fourth-order valence-electron chi connectivity index (χ4n) is 1.71. The summed E-state index contributed by atoms with van der Waals surface area (Å²) in [6.07, 6.45) is 0.824. The van der Waals surface area contributed by atoms with E-state index >= 15 is 0 Å². The first-order chi connectivity index (χ1) is 9.65. The lowest BCUT2D eigenvalue weighted by Crippen LogP contribution is -2.30. The molecule has 0 saturated carbocycles. The predicted octanol–water partition coefficient (Wildman–Crippen LogP) is 3.57. The molecular weight excluding hydrogens is 292 g/mol. The van der Waals surface area contributed by atoms with Crippen molar-refractivity contribution in [2.75, 3.05) is 11.9 Å². The second-order valence-electron chi connectivity index (χ2n) is 4.28. The van der Waals surface area contributed by atoms with E-state index in [0.717, 1.165) is 17.7 Å². The summed E-state index contributed by atoms with van der Waals surface area (Å²) in [6.45, 7) is 0.709. The normalized spacial score (nSPS) is 10.1. The van der Waals surface area contributed by atoms with Gasteiger partial charge in [0.2, 0.25) is 0 Å². The van der Waals surface area contributed by atoms with Crippen molar-refractivity contribution < 1.29 is 5.11 Å². The number of thiocarbonyl (C=S) groups is 1. The zero-order valence-corrected chi connectivity index (χ0v) is 12.3. The van der Waals surface area contributed by atoms with Gasteiger partial charge in [0, 0.05) is 6.54 Å². The highest BCUT2D eigenvalue weighted by atomic mass is 35.5. The van der Waals surface area contributed by atoms with Gasteiger partial charge in [-0.2, -0.15) is 0 Å². The molecule has 0 aliphatic heterocycles. The van der Waals surface area contributed by atoms with Crippen LogP contribution in [0.3, 0.4) is 0 Å². The van der Waals surface area contributed by atoms with Gasteiger partial charge >= 0.3 is 0 Å². The van der Waals surface area contributed by atoms with Crippen molar-refractivity contribution in [1.29, 1.82) is 0 Å². The number of phenolic OH excluding ortho intramolecular Hbond substituents is 1. The van der Waals surface area contributed by atoms with Crippen LogP contribution < -0.4 is 10.6 Å². The topological polar surface area (TPSA) is 44.3 Å². The van der Waals surface area contributed by atoms with Gasteiger partial charge in [0.15, 0.2) is 5.11 Å². The molecule has 0 heterocycles. The predicted molar refractivity (Wildman–Crippen MR) is 87.5 cm³/mol. The molecule has 0 fully saturated rings. The van der Waals surface area contributed by atoms with Gasteiger partial charge in [0.05, 0.1) is 10.7 Å². The van der Waals surface area contributed by atoms with Crippen molar-refractivity contribution in [3.8, 4) is 5.75 Å². The lowest BCUT2D eigenvalue weighted by Gasteiger charge is -2.11. The van der Waals surface area contributed by atoms with Crippen LogP contribution in [0.2, 0.25) is 5.02 Å². The van der Waals surface area contributed by atoms with Gasteiger partial charge in [-0.3, -0.25) is 0 Å². The van der Waals surface area contributed by atoms with Gasteiger partial charge < -0.3 is 15.7 Å². The highest BCUT2D eigenvalue weighted by molar-refractivity contribution is 7.80. The molecule has 20 heavy (non-hydrogen) atoms. The van der Waals surface area contributed by atoms with Crippen LogP contribution in [0.5, 0.6) is 5.75 Å². The molecule has 5 heteroatoms. The molecule has 3 N–H and O–H groups in total. The largest absolute Gasteiger partial charge is 0.508 e. The molecule has 0 unspecified atom stereocenters. The van der Waals surface area contributed by atoms with Gasteiger partial charge in [0.25, 0.3) is 0 Å². The molecule has 0 bridgehead atoms. The minimum atomic E-state index is 0.276. The average Bonchev–Trinajstić information content (AvgIpc) is 2.44. The van der Waals surface area contributed by atoms with Crippen molar-refractivity contribution in [2.45, 2.75) is 6.42 Å². The van der Waals surface area contributed by atoms with Crippen LogP contribution in [0, 0.1) is 0 Å². The highest BCUT2D eigenvalue weighted by Crippen LogP contribution is 2.20. The third kappa shape index (κ3) is 4.40. The van der Waals surface area contributed by atoms with E-state index in [1.807, 2.05) is 36.4 Å². The van der Waals surface area contributed by atoms with E-state index in [2.05, 4.69) is 10.6 Å². The maximum Gasteiger partial charge on any atom is 0.170 e. The van der Waals surface area contributed by atoms with Gasteiger partial charge in [-0.15, -0.1) is 0 Å². The van der Waals surface area contributed by atoms with Crippen LogP contribution in [-0.2, 0) is 6.42 Å². The van der Waals surface area contributed by atoms with Gasteiger partial charge in [0.1, 0.15) is 5.75 Å². The van der Waals surface area contributed by atoms with E-state index in [0.29, 0.717) is 16.7 Å². The minimum Gasteiger partial charge on any atom is -0.508 e. The van der Waals surface area contributed by atoms with Crippen LogP contribution in [0.1, 0.15) is 5.56 Å². The Balaban J connectivity index is 1.78. The van der Waals surface area contributed by atoms with E-state index in [9.17, 15) is 5.11 Å². The van der Waals surface area contributed by atoms with Gasteiger partial charge in [-0.25, -0.2) is 0 Å². The Morgan fingerprint density at radius 2 is 1.80 bits per heavy atom. The smallest absolute Gasteiger partial charge is 0.170 e. The third-order valence-electron chi connectivity index (χ3n) is 2.76. The summed E-state index contributed by atoms with van der Waals surface area (Å²) in [7, 11) is 0. The molecule has 2 aromatic carbocycles. The number of aromatic hydroxyl groups is 1. The molecule has 2 aromatic rings. The van der Waals surface area contributed by atoms with E-state index in [1.165, 1.54) is 0 Å². The maximum absolute atomic E-state index is 9.20. The Kier molecular flexibility index (Phi) is 5.21. The molecule has 0 aliphatic rings. The molecule has 0 atom stereocenters. The summed E-state index contributed by atoms with van der Waals surface area (Å²) in [5, 5.41) is 16.5. The molecule has 0 aliphatic carbocycles. The molecule has 0 saturated heterocycles. The molecule has 3 nitrogen and oxygen atoms in total. The zero-order valence-electron chi connectivity index (χ0n) is 10.8. The number of nitrogens with one attached hydrogen (secondary N) is 2. The Morgan fingerprint density at radius 3 is 2.50 bits per heavy atom. The van der Waals surface area contributed by atoms with Crippen molar-refractivity contribution in [3.05, 3.63) is 59.1 Å². The molecule has 2 rings (SSSR count). The second-order valence-corrected chi connectivity index (χ2v) is 5.09. The fourth-order valence-corrected chi connectivity index (χ4v) is 2.11. The minimum absolute atomic E-state index is 0.276. The van der Waals surface area contributed by atoms with Crippen LogP contribution in [-0.4, -0.2) is 16.8 Å². The number of anilines is 1. The van der Waals surface area contributed by atoms with Crippen molar-refractivity contribution in [2.24, 2.45) is 0 Å². The Hall–Kier alpha value is -1.78. The standard InChI is InChI=1S/C15H15ClN2OS/c16-13-3-1-2-4-14(13)18-15(20)17-10-9-11-5-7-12(19)8-6-11/h1-8,19H,9-10H2,(H2,17,18,20). The van der Waals surface area contributed by atoms with Gasteiger partial charge in [-0.05, 0) is 48.5 Å². The lowest BCUT2D eigenvalue weighted by atomic mass is 10.1. The first-order valence-corrected chi connectivity index (χ1v) is 7.01. The van der Waals surface area contributed by atoms with Crippen molar-refractivity contribution in [1.82, 2.24) is 5.32 Å². The first kappa shape index (κ1) is 14.6. The maximum atomic E-state index is 9.20. The second kappa shape index (κ2) is 7.12. The molecule has 0 amide bonds. The van der Waals surface area contributed by atoms with E-state index in [4.69, 9.17) is 23.8 Å². The summed E-state index contributed by atoms with van der Waals surface area (Å²) < 4.78 is 0. The van der Waals surface area contributed by atoms with E-state index in [1.54, 1.807) is 12.1 Å². The number of benzene rings is 2. The molecule has 0 aromatic heterocycles. The lowest BCUT2D eigenvalue weighted by molar-refractivity contribution is 0.475. The number of hydrogen-bond donors (Lipinski definition) is 3. The fraction of sp³-hybridized carbons (Fsp3) is 0.133. The molecule has 104 valence electrons. The molecular formula is C15H15ClN2OS. The van der Waals surface area contributed by atoms with Gasteiger partial charge in [-0.1, -0.05) is 35.9 Å². The highest BCUT2D eigenvalue weighted by Gasteiger charge is 2.01. The van der Waals surface area contributed by atoms with Crippen molar-refractivity contribution >= 4 is 34.6 Å². The first-order valence-electron chi connectivity index (χ1n) is 6.22. The summed E-state index contributed by atoms with van der Waals surface area (Å²) in [5.41, 5.74) is 1.92. The number of rotatable bonds is 4. The Morgan fingerprint density at radius 1 is 1.10 bits per heavy atom. The third-order valence-corrected chi connectivity index (χ3v) is 3.33. The molecule has 0 radical (unpaired) electrons. The summed E-state index contributed by atoms with van der Waals surface area (Å²) in [5.74, 6) is 0.276. The van der Waals surface area contributed by atoms with Crippen LogP contribution in [0.4, 0.5) is 5.69 Å². The summed E-state index contributed by atoms with van der Waals surface area (Å²) in [4.78, 5) is 0. The Labute approximate surface area is 128 Å². The quantitative estimate of drug-likeness (QED) is 0.756. The van der Waals surface area contributed by atoms with E-state index in [-0.39, 0.29) is 5.75 Å². The average molecular weight is 307 g/mol. The summed E-state index contributed by atoms with van der Waals surface area (Å²) >= 11 is 11.3. The number of phenols is 1. The number of para-hydroxylation sites is 1. The van der Waals surface area contributed by atoms with Crippen LogP contribution in [0.15, 0.2) is 48.5 Å². The SMILES string of the molecule is Oc1ccc(CCNC(=S)Nc2ccccc2Cl)cc1. The van der Waals surface area contributed by atoms with Crippen molar-refractivity contribution in [3.63, 3.8) is 0 Å². The number of halogens is 1. The summed E-state index contributed by atoms with van der Waals surface area (Å²) in [6, 6.07) is 14.6. The Bertz CT molecular complexity index is 587. The molecule has 0 spiro atoms.